The van der Waals surface area contributed by atoms with Gasteiger partial charge >= 0.3 is 0 Å². The molecule has 0 radical (unpaired) electrons. The van der Waals surface area contributed by atoms with Gasteiger partial charge in [-0.2, -0.15) is 0 Å². The van der Waals surface area contributed by atoms with E-state index < -0.39 is 0 Å². The van der Waals surface area contributed by atoms with Crippen molar-refractivity contribution in [2.24, 2.45) is 13.0 Å². The lowest BCUT2D eigenvalue weighted by Crippen LogP contribution is -2.34. The first-order chi connectivity index (χ1) is 13.9. The summed E-state index contributed by atoms with van der Waals surface area (Å²) in [5.41, 5.74) is 3.10. The minimum Gasteiger partial charge on any atom is -0.331 e. The number of hydrogen-bond acceptors (Lipinski definition) is 4. The SMILES string of the molecule is Cc1ncc(-c2ccc3cnc(CC(=O)C4CCC(N(C)C)CC4)cc3c2)n1C. The molecule has 1 aliphatic rings. The van der Waals surface area contributed by atoms with E-state index in [0.29, 0.717) is 18.2 Å². The number of rotatable bonds is 5. The number of fused-ring (bicyclic) bond motifs is 1. The van der Waals surface area contributed by atoms with Gasteiger partial charge in [-0.15, -0.1) is 0 Å². The van der Waals surface area contributed by atoms with Crippen LogP contribution in [0.15, 0.2) is 36.7 Å². The Bertz CT molecular complexity index is 1030. The average Bonchev–Trinajstić information content (AvgIpc) is 3.06. The average molecular weight is 391 g/mol. The molecular formula is C24H30N4O. The van der Waals surface area contributed by atoms with Crippen LogP contribution in [0, 0.1) is 12.8 Å². The first-order valence-corrected chi connectivity index (χ1v) is 10.5. The van der Waals surface area contributed by atoms with Crippen LogP contribution in [0.4, 0.5) is 0 Å². The van der Waals surface area contributed by atoms with Gasteiger partial charge in [0.2, 0.25) is 0 Å². The van der Waals surface area contributed by atoms with E-state index in [0.717, 1.165) is 59.2 Å². The summed E-state index contributed by atoms with van der Waals surface area (Å²) in [6.07, 6.45) is 8.45. The van der Waals surface area contributed by atoms with Crippen molar-refractivity contribution in [3.63, 3.8) is 0 Å². The molecule has 152 valence electrons. The second-order valence-corrected chi connectivity index (χ2v) is 8.60. The van der Waals surface area contributed by atoms with Crippen molar-refractivity contribution in [2.45, 2.75) is 45.1 Å². The van der Waals surface area contributed by atoms with Crippen molar-refractivity contribution in [3.8, 4) is 11.3 Å². The Labute approximate surface area is 172 Å². The van der Waals surface area contributed by atoms with Crippen LogP contribution in [0.5, 0.6) is 0 Å². The number of benzene rings is 1. The van der Waals surface area contributed by atoms with Crippen LogP contribution in [0.2, 0.25) is 0 Å². The summed E-state index contributed by atoms with van der Waals surface area (Å²) < 4.78 is 2.09. The lowest BCUT2D eigenvalue weighted by molar-refractivity contribution is -0.123. The molecule has 5 heteroatoms. The molecule has 0 aliphatic heterocycles. The third-order valence-corrected chi connectivity index (χ3v) is 6.53. The molecule has 0 saturated heterocycles. The van der Waals surface area contributed by atoms with Crippen molar-refractivity contribution in [2.75, 3.05) is 14.1 Å². The van der Waals surface area contributed by atoms with Crippen molar-refractivity contribution in [1.82, 2.24) is 19.4 Å². The highest BCUT2D eigenvalue weighted by molar-refractivity contribution is 5.88. The van der Waals surface area contributed by atoms with E-state index in [1.54, 1.807) is 0 Å². The van der Waals surface area contributed by atoms with Crippen LogP contribution >= 0.6 is 0 Å². The summed E-state index contributed by atoms with van der Waals surface area (Å²) in [6.45, 7) is 2.00. The van der Waals surface area contributed by atoms with E-state index in [-0.39, 0.29) is 5.92 Å². The molecule has 3 aromatic rings. The van der Waals surface area contributed by atoms with E-state index in [1.807, 2.05) is 26.4 Å². The van der Waals surface area contributed by atoms with E-state index in [9.17, 15) is 4.79 Å². The summed E-state index contributed by atoms with van der Waals surface area (Å²) in [6, 6.07) is 9.06. The first kappa shape index (κ1) is 19.8. The normalized spacial score (nSPS) is 19.8. The number of imidazole rings is 1. The fraction of sp³-hybridized carbons (Fsp3) is 0.458. The number of carbonyl (C=O) groups excluding carboxylic acids is 1. The predicted molar refractivity (Wildman–Crippen MR) is 117 cm³/mol. The highest BCUT2D eigenvalue weighted by atomic mass is 16.1. The molecular weight excluding hydrogens is 360 g/mol. The van der Waals surface area contributed by atoms with Gasteiger partial charge in [-0.05, 0) is 64.2 Å². The largest absolute Gasteiger partial charge is 0.331 e. The third-order valence-electron chi connectivity index (χ3n) is 6.53. The molecule has 0 unspecified atom stereocenters. The lowest BCUT2D eigenvalue weighted by Gasteiger charge is -2.31. The van der Waals surface area contributed by atoms with Gasteiger partial charge in [-0.25, -0.2) is 4.98 Å². The molecule has 1 saturated carbocycles. The minimum absolute atomic E-state index is 0.187. The number of aromatic nitrogens is 3. The maximum atomic E-state index is 12.9. The quantitative estimate of drug-likeness (QED) is 0.656. The Morgan fingerprint density at radius 2 is 1.83 bits per heavy atom. The molecule has 0 atom stereocenters. The molecule has 1 aromatic carbocycles. The summed E-state index contributed by atoms with van der Waals surface area (Å²) in [5.74, 6) is 1.52. The molecule has 0 N–H and O–H groups in total. The lowest BCUT2D eigenvalue weighted by atomic mass is 9.82. The monoisotopic (exact) mass is 390 g/mol. The molecule has 4 rings (SSSR count). The highest BCUT2D eigenvalue weighted by Gasteiger charge is 2.27. The third kappa shape index (κ3) is 4.10. The van der Waals surface area contributed by atoms with Crippen molar-refractivity contribution >= 4 is 16.6 Å². The van der Waals surface area contributed by atoms with Gasteiger partial charge < -0.3 is 9.47 Å². The van der Waals surface area contributed by atoms with Gasteiger partial charge in [0.1, 0.15) is 11.6 Å². The molecule has 0 amide bonds. The van der Waals surface area contributed by atoms with Gasteiger partial charge in [0.25, 0.3) is 0 Å². The molecule has 1 fully saturated rings. The Kier molecular flexibility index (Phi) is 5.50. The fourth-order valence-electron chi connectivity index (χ4n) is 4.45. The summed E-state index contributed by atoms with van der Waals surface area (Å²) in [7, 11) is 6.29. The van der Waals surface area contributed by atoms with Crippen LogP contribution in [-0.4, -0.2) is 45.4 Å². The zero-order valence-electron chi connectivity index (χ0n) is 17.9. The van der Waals surface area contributed by atoms with Crippen molar-refractivity contribution in [1.29, 1.82) is 0 Å². The van der Waals surface area contributed by atoms with Gasteiger partial charge in [0.05, 0.1) is 11.9 Å². The topological polar surface area (TPSA) is 51.0 Å². The molecule has 29 heavy (non-hydrogen) atoms. The van der Waals surface area contributed by atoms with Gasteiger partial charge in [-0.1, -0.05) is 12.1 Å². The predicted octanol–water partition coefficient (Wildman–Crippen LogP) is 4.18. The molecule has 2 heterocycles. The minimum atomic E-state index is 0.187. The number of hydrogen-bond donors (Lipinski definition) is 0. The summed E-state index contributed by atoms with van der Waals surface area (Å²) >= 11 is 0. The van der Waals surface area contributed by atoms with Crippen LogP contribution in [-0.2, 0) is 18.3 Å². The Hall–Kier alpha value is -2.53. The smallest absolute Gasteiger partial charge is 0.141 e. The highest BCUT2D eigenvalue weighted by Crippen LogP contribution is 2.29. The standard InChI is InChI=1S/C24H30N4O/c1-16-25-15-23(28(16)4)18-5-6-19-14-26-21(12-20(19)11-18)13-24(29)17-7-9-22(10-8-17)27(2)3/h5-6,11-12,14-15,17,22H,7-10,13H2,1-4H3. The zero-order valence-corrected chi connectivity index (χ0v) is 17.9. The number of nitrogens with zero attached hydrogens (tertiary/aromatic N) is 4. The maximum absolute atomic E-state index is 12.9. The van der Waals surface area contributed by atoms with E-state index in [4.69, 9.17) is 0 Å². The Morgan fingerprint density at radius 3 is 2.48 bits per heavy atom. The van der Waals surface area contributed by atoms with E-state index in [1.165, 1.54) is 0 Å². The van der Waals surface area contributed by atoms with Gasteiger partial charge in [0, 0.05) is 48.3 Å². The number of aryl methyl sites for hydroxylation is 1. The number of pyridine rings is 1. The zero-order chi connectivity index (χ0) is 20.5. The molecule has 5 nitrogen and oxygen atoms in total. The van der Waals surface area contributed by atoms with Crippen LogP contribution < -0.4 is 0 Å². The van der Waals surface area contributed by atoms with Crippen molar-refractivity contribution in [3.05, 3.63) is 48.2 Å². The molecule has 0 bridgehead atoms. The van der Waals surface area contributed by atoms with Gasteiger partial charge in [-0.3, -0.25) is 9.78 Å². The second-order valence-electron chi connectivity index (χ2n) is 8.60. The van der Waals surface area contributed by atoms with E-state index >= 15 is 0 Å². The summed E-state index contributed by atoms with van der Waals surface area (Å²) in [4.78, 5) is 24.1. The van der Waals surface area contributed by atoms with Gasteiger partial charge in [0.15, 0.2) is 0 Å². The number of carbonyl (C=O) groups is 1. The second kappa shape index (κ2) is 8.07. The van der Waals surface area contributed by atoms with Crippen molar-refractivity contribution < 1.29 is 4.79 Å². The van der Waals surface area contributed by atoms with Crippen LogP contribution in [0.3, 0.4) is 0 Å². The van der Waals surface area contributed by atoms with E-state index in [2.05, 4.69) is 57.8 Å². The van der Waals surface area contributed by atoms with Crippen LogP contribution in [0.1, 0.15) is 37.2 Å². The maximum Gasteiger partial charge on any atom is 0.141 e. The molecule has 0 spiro atoms. The van der Waals surface area contributed by atoms with Crippen LogP contribution in [0.25, 0.3) is 22.0 Å². The fourth-order valence-corrected chi connectivity index (χ4v) is 4.45. The first-order valence-electron chi connectivity index (χ1n) is 10.5. The number of Topliss-reactive ketones (excluding diaryl/α,β-unsaturated/α-hetero) is 1. The Balaban J connectivity index is 1.51. The Morgan fingerprint density at radius 1 is 1.07 bits per heavy atom. The number of ketones is 1. The summed E-state index contributed by atoms with van der Waals surface area (Å²) in [5, 5.41) is 2.21. The molecule has 1 aliphatic carbocycles. The molecule has 2 aromatic heterocycles.